The Bertz CT molecular complexity index is 258. The van der Waals surface area contributed by atoms with Crippen LogP contribution in [0.4, 0.5) is 0 Å². The van der Waals surface area contributed by atoms with Gasteiger partial charge in [-0.05, 0) is 24.8 Å². The Balaban J connectivity index is 1.87. The summed E-state index contributed by atoms with van der Waals surface area (Å²) in [5.74, 6) is 1.44. The van der Waals surface area contributed by atoms with Crippen LogP contribution in [-0.4, -0.2) is 12.8 Å². The fourth-order valence-corrected chi connectivity index (χ4v) is 1.38. The molecule has 0 amide bonds. The first-order chi connectivity index (χ1) is 6.25. The first-order valence-electron chi connectivity index (χ1n) is 4.48. The lowest BCUT2D eigenvalue weighted by Crippen LogP contribution is -2.34. The van der Waals surface area contributed by atoms with E-state index in [9.17, 15) is 0 Å². The number of dihydropyridines is 1. The van der Waals surface area contributed by atoms with E-state index >= 15 is 0 Å². The normalized spacial score (nSPS) is 27.4. The molecule has 1 unspecified atom stereocenters. The van der Waals surface area contributed by atoms with Gasteiger partial charge in [0, 0.05) is 6.20 Å². The summed E-state index contributed by atoms with van der Waals surface area (Å²) in [6.45, 7) is 0.771. The maximum atomic E-state index is 5.93. The van der Waals surface area contributed by atoms with E-state index in [1.807, 2.05) is 0 Å². The number of nitrogens with one attached hydrogen (secondary N) is 1. The minimum Gasteiger partial charge on any atom is -0.490 e. The predicted octanol–water partition coefficient (Wildman–Crippen LogP) is 1.27. The van der Waals surface area contributed by atoms with Crippen molar-refractivity contribution in [2.24, 2.45) is 11.7 Å². The van der Waals surface area contributed by atoms with E-state index < -0.39 is 0 Å². The molecule has 2 aliphatic rings. The van der Waals surface area contributed by atoms with Crippen LogP contribution in [0.2, 0.25) is 0 Å². The number of rotatable bonds is 3. The second-order valence-corrected chi connectivity index (χ2v) is 3.88. The van der Waals surface area contributed by atoms with Crippen LogP contribution in [0.15, 0.2) is 23.1 Å². The molecule has 13 heavy (non-hydrogen) atoms. The van der Waals surface area contributed by atoms with Gasteiger partial charge >= 0.3 is 0 Å². The summed E-state index contributed by atoms with van der Waals surface area (Å²) in [5.41, 5.74) is 5.58. The highest BCUT2D eigenvalue weighted by atomic mass is 35.5. The third-order valence-corrected chi connectivity index (χ3v) is 2.45. The molecule has 0 aromatic carbocycles. The van der Waals surface area contributed by atoms with Gasteiger partial charge in [-0.1, -0.05) is 11.6 Å². The molecule has 0 aromatic rings. The molecule has 72 valence electrons. The molecule has 4 heteroatoms. The molecule has 1 heterocycles. The number of hydrogen-bond donors (Lipinski definition) is 2. The molecule has 1 fully saturated rings. The Morgan fingerprint density at radius 1 is 1.62 bits per heavy atom. The van der Waals surface area contributed by atoms with Gasteiger partial charge in [0.05, 0.1) is 17.8 Å². The monoisotopic (exact) mass is 200 g/mol. The van der Waals surface area contributed by atoms with Crippen LogP contribution in [0.1, 0.15) is 12.8 Å². The molecule has 1 atom stereocenters. The topological polar surface area (TPSA) is 47.3 Å². The molecule has 1 saturated carbocycles. The lowest BCUT2D eigenvalue weighted by molar-refractivity contribution is 0.205. The fraction of sp³-hybridized carbons (Fsp3) is 0.556. The zero-order valence-electron chi connectivity index (χ0n) is 7.29. The third-order valence-electron chi connectivity index (χ3n) is 2.14. The van der Waals surface area contributed by atoms with E-state index in [2.05, 4.69) is 5.32 Å². The van der Waals surface area contributed by atoms with Crippen molar-refractivity contribution < 1.29 is 4.74 Å². The number of hydrogen-bond acceptors (Lipinski definition) is 3. The standard InChI is InChI=1S/C9H13ClN2O/c10-7-3-9(11)12-4-8(7)13-5-6-1-2-6/h3-4,6,9,12H,1-2,5,11H2. The Kier molecular flexibility index (Phi) is 2.47. The SMILES string of the molecule is NC1C=C(Cl)C(OCC2CC2)=CN1. The smallest absolute Gasteiger partial charge is 0.153 e. The molecular formula is C9H13ClN2O. The van der Waals surface area contributed by atoms with Crippen LogP contribution in [0.25, 0.3) is 0 Å². The van der Waals surface area contributed by atoms with Crippen LogP contribution >= 0.6 is 11.6 Å². The zero-order valence-corrected chi connectivity index (χ0v) is 8.05. The summed E-state index contributed by atoms with van der Waals surface area (Å²) >= 11 is 5.93. The van der Waals surface area contributed by atoms with Crippen LogP contribution < -0.4 is 11.1 Å². The quantitative estimate of drug-likeness (QED) is 0.721. The van der Waals surface area contributed by atoms with Crippen molar-refractivity contribution in [1.82, 2.24) is 5.32 Å². The third kappa shape index (κ3) is 2.39. The van der Waals surface area contributed by atoms with Gasteiger partial charge in [-0.25, -0.2) is 0 Å². The molecule has 1 aliphatic heterocycles. The molecular weight excluding hydrogens is 188 g/mol. The molecule has 3 N–H and O–H groups in total. The average Bonchev–Trinajstić information content (AvgIpc) is 2.86. The summed E-state index contributed by atoms with van der Waals surface area (Å²) < 4.78 is 5.51. The Morgan fingerprint density at radius 3 is 3.00 bits per heavy atom. The first-order valence-corrected chi connectivity index (χ1v) is 4.86. The summed E-state index contributed by atoms with van der Waals surface area (Å²) in [6, 6.07) is 0. The lowest BCUT2D eigenvalue weighted by Gasteiger charge is -2.17. The number of ether oxygens (including phenoxy) is 1. The average molecular weight is 201 g/mol. The second kappa shape index (κ2) is 3.60. The van der Waals surface area contributed by atoms with Gasteiger partial charge < -0.3 is 15.8 Å². The Hall–Kier alpha value is -0.670. The number of allylic oxidation sites excluding steroid dienone is 1. The summed E-state index contributed by atoms with van der Waals surface area (Å²) in [7, 11) is 0. The van der Waals surface area contributed by atoms with Crippen molar-refractivity contribution in [3.05, 3.63) is 23.1 Å². The van der Waals surface area contributed by atoms with Crippen LogP contribution in [-0.2, 0) is 4.74 Å². The van der Waals surface area contributed by atoms with Gasteiger partial charge in [0.2, 0.25) is 0 Å². The van der Waals surface area contributed by atoms with Crippen LogP contribution in [0.5, 0.6) is 0 Å². The highest BCUT2D eigenvalue weighted by molar-refractivity contribution is 6.31. The molecule has 2 rings (SSSR count). The minimum absolute atomic E-state index is 0.194. The van der Waals surface area contributed by atoms with Crippen molar-refractivity contribution in [2.75, 3.05) is 6.61 Å². The predicted molar refractivity (Wildman–Crippen MR) is 51.8 cm³/mol. The van der Waals surface area contributed by atoms with E-state index in [0.717, 1.165) is 12.5 Å². The van der Waals surface area contributed by atoms with Crippen LogP contribution in [0.3, 0.4) is 0 Å². The van der Waals surface area contributed by atoms with Crippen molar-refractivity contribution in [3.8, 4) is 0 Å². The van der Waals surface area contributed by atoms with E-state index in [4.69, 9.17) is 22.1 Å². The number of nitrogens with two attached hydrogens (primary N) is 1. The van der Waals surface area contributed by atoms with Crippen molar-refractivity contribution in [3.63, 3.8) is 0 Å². The maximum absolute atomic E-state index is 5.93. The van der Waals surface area contributed by atoms with E-state index in [0.29, 0.717) is 10.8 Å². The number of halogens is 1. The molecule has 0 radical (unpaired) electrons. The fourth-order valence-electron chi connectivity index (χ4n) is 1.13. The summed E-state index contributed by atoms with van der Waals surface area (Å²) in [6.07, 6.45) is 5.84. The van der Waals surface area contributed by atoms with Gasteiger partial charge in [-0.15, -0.1) is 0 Å². The lowest BCUT2D eigenvalue weighted by atomic mass is 10.3. The first kappa shape index (κ1) is 8.91. The van der Waals surface area contributed by atoms with Crippen molar-refractivity contribution >= 4 is 11.6 Å². The van der Waals surface area contributed by atoms with E-state index in [-0.39, 0.29) is 6.17 Å². The van der Waals surface area contributed by atoms with Gasteiger partial charge in [-0.3, -0.25) is 0 Å². The summed E-state index contributed by atoms with van der Waals surface area (Å²) in [5, 5.41) is 3.54. The maximum Gasteiger partial charge on any atom is 0.153 e. The Morgan fingerprint density at radius 2 is 2.38 bits per heavy atom. The van der Waals surface area contributed by atoms with Gasteiger partial charge in [0.25, 0.3) is 0 Å². The van der Waals surface area contributed by atoms with Crippen molar-refractivity contribution in [2.45, 2.75) is 19.0 Å². The Labute approximate surface area is 82.6 Å². The van der Waals surface area contributed by atoms with Crippen LogP contribution in [0, 0.1) is 5.92 Å². The largest absolute Gasteiger partial charge is 0.490 e. The highest BCUT2D eigenvalue weighted by Gasteiger charge is 2.23. The van der Waals surface area contributed by atoms with E-state index in [1.165, 1.54) is 12.8 Å². The highest BCUT2D eigenvalue weighted by Crippen LogP contribution is 2.30. The van der Waals surface area contributed by atoms with Gasteiger partial charge in [0.15, 0.2) is 5.76 Å². The zero-order chi connectivity index (χ0) is 9.26. The summed E-state index contributed by atoms with van der Waals surface area (Å²) in [4.78, 5) is 0. The molecule has 0 spiro atoms. The van der Waals surface area contributed by atoms with E-state index in [1.54, 1.807) is 12.3 Å². The van der Waals surface area contributed by atoms with Gasteiger partial charge in [-0.2, -0.15) is 0 Å². The minimum atomic E-state index is -0.194. The molecule has 3 nitrogen and oxygen atoms in total. The van der Waals surface area contributed by atoms with Gasteiger partial charge in [0.1, 0.15) is 0 Å². The van der Waals surface area contributed by atoms with Crippen molar-refractivity contribution in [1.29, 1.82) is 0 Å². The molecule has 0 saturated heterocycles. The molecule has 1 aliphatic carbocycles. The second-order valence-electron chi connectivity index (χ2n) is 3.47. The molecule has 0 aromatic heterocycles. The molecule has 0 bridgehead atoms.